The Morgan fingerprint density at radius 3 is 2.40 bits per heavy atom. The minimum absolute atomic E-state index is 0.0338. The molecule has 2 atom stereocenters. The monoisotopic (exact) mass is 234 g/mol. The van der Waals surface area contributed by atoms with E-state index in [1.807, 2.05) is 0 Å². The third kappa shape index (κ3) is 3.43. The lowest BCUT2D eigenvalue weighted by molar-refractivity contribution is 0.205. The summed E-state index contributed by atoms with van der Waals surface area (Å²) in [7, 11) is -2.89. The van der Waals surface area contributed by atoms with Crippen molar-refractivity contribution in [2.75, 3.05) is 24.6 Å². The number of hydrogen-bond acceptors (Lipinski definition) is 4. The summed E-state index contributed by atoms with van der Waals surface area (Å²) in [5.74, 6) is 0.395. The molecule has 0 amide bonds. The highest BCUT2D eigenvalue weighted by atomic mass is 32.2. The van der Waals surface area contributed by atoms with Crippen molar-refractivity contribution in [1.82, 2.24) is 4.90 Å². The minimum Gasteiger partial charge on any atom is -0.325 e. The molecule has 0 saturated carbocycles. The lowest BCUT2D eigenvalue weighted by atomic mass is 10.1. The molecule has 1 fully saturated rings. The number of likely N-dealkylation sites (N-methyl/N-ethyl adjacent to an activating group) is 1. The summed E-state index contributed by atoms with van der Waals surface area (Å²) in [6.45, 7) is 6.04. The van der Waals surface area contributed by atoms with E-state index < -0.39 is 9.84 Å². The van der Waals surface area contributed by atoms with Gasteiger partial charge in [0.25, 0.3) is 0 Å². The van der Waals surface area contributed by atoms with Gasteiger partial charge in [-0.05, 0) is 19.5 Å². The molecule has 2 N–H and O–H groups in total. The highest BCUT2D eigenvalue weighted by molar-refractivity contribution is 7.91. The van der Waals surface area contributed by atoms with Crippen molar-refractivity contribution >= 4 is 9.84 Å². The fraction of sp³-hybridized carbons (Fsp3) is 1.00. The molecule has 1 aliphatic heterocycles. The number of nitrogens with zero attached hydrogens (tertiary/aromatic N) is 1. The van der Waals surface area contributed by atoms with Gasteiger partial charge >= 0.3 is 0 Å². The van der Waals surface area contributed by atoms with Crippen LogP contribution in [0.2, 0.25) is 0 Å². The molecule has 1 aliphatic rings. The number of hydrogen-bond donors (Lipinski definition) is 1. The van der Waals surface area contributed by atoms with Crippen molar-refractivity contribution in [2.45, 2.75) is 38.8 Å². The molecule has 2 unspecified atom stereocenters. The van der Waals surface area contributed by atoms with Crippen LogP contribution < -0.4 is 5.73 Å². The van der Waals surface area contributed by atoms with Gasteiger partial charge < -0.3 is 5.73 Å². The van der Waals surface area contributed by atoms with Crippen LogP contribution >= 0.6 is 0 Å². The Morgan fingerprint density at radius 1 is 1.33 bits per heavy atom. The lowest BCUT2D eigenvalue weighted by Gasteiger charge is -2.29. The predicted octanol–water partition coefficient (Wildman–Crippen LogP) is 0.233. The van der Waals surface area contributed by atoms with Gasteiger partial charge in [0.2, 0.25) is 0 Å². The molecule has 5 heteroatoms. The summed E-state index contributed by atoms with van der Waals surface area (Å²) in [6, 6.07) is -0.168. The van der Waals surface area contributed by atoms with Gasteiger partial charge in [-0.25, -0.2) is 8.42 Å². The molecular weight excluding hydrogens is 212 g/mol. The first-order chi connectivity index (χ1) is 7.00. The second-order valence-corrected chi connectivity index (χ2v) is 6.44. The Labute approximate surface area is 92.7 Å². The summed E-state index contributed by atoms with van der Waals surface area (Å²) in [5.41, 5.74) is 5.88. The molecule has 0 aliphatic carbocycles. The molecule has 1 heterocycles. The second-order valence-electron chi connectivity index (χ2n) is 4.29. The Morgan fingerprint density at radius 2 is 2.00 bits per heavy atom. The molecule has 0 spiro atoms. The van der Waals surface area contributed by atoms with Gasteiger partial charge in [0.1, 0.15) is 0 Å². The zero-order valence-electron chi connectivity index (χ0n) is 9.65. The van der Waals surface area contributed by atoms with Crippen molar-refractivity contribution in [3.05, 3.63) is 0 Å². The van der Waals surface area contributed by atoms with Crippen LogP contribution in [0.25, 0.3) is 0 Å². The highest BCUT2D eigenvalue weighted by Gasteiger charge is 2.37. The summed E-state index contributed by atoms with van der Waals surface area (Å²) in [4.78, 5) is 2.21. The zero-order chi connectivity index (χ0) is 11.5. The smallest absolute Gasteiger partial charge is 0.153 e. The van der Waals surface area contributed by atoms with E-state index in [1.165, 1.54) is 0 Å². The van der Waals surface area contributed by atoms with Crippen LogP contribution in [0.4, 0.5) is 0 Å². The molecule has 4 nitrogen and oxygen atoms in total. The van der Waals surface area contributed by atoms with Crippen LogP contribution in [0.15, 0.2) is 0 Å². The quantitative estimate of drug-likeness (QED) is 0.740. The zero-order valence-corrected chi connectivity index (χ0v) is 10.5. The maximum atomic E-state index is 11.4. The van der Waals surface area contributed by atoms with E-state index in [4.69, 9.17) is 5.73 Å². The first-order valence-electron chi connectivity index (χ1n) is 5.70. The fourth-order valence-electron chi connectivity index (χ4n) is 2.15. The van der Waals surface area contributed by atoms with Crippen LogP contribution in [-0.2, 0) is 9.84 Å². The third-order valence-corrected chi connectivity index (χ3v) is 4.78. The maximum Gasteiger partial charge on any atom is 0.153 e. The molecule has 15 heavy (non-hydrogen) atoms. The van der Waals surface area contributed by atoms with Gasteiger partial charge in [-0.3, -0.25) is 4.90 Å². The molecular formula is C10H22N2O2S. The second kappa shape index (κ2) is 5.27. The number of sulfone groups is 1. The Hall–Kier alpha value is -0.130. The van der Waals surface area contributed by atoms with E-state index in [2.05, 4.69) is 18.7 Å². The molecule has 1 rings (SSSR count). The minimum atomic E-state index is -2.89. The molecule has 0 aromatic heterocycles. The number of rotatable bonds is 5. The van der Waals surface area contributed by atoms with Crippen molar-refractivity contribution in [3.8, 4) is 0 Å². The molecule has 0 aromatic rings. The Bertz CT molecular complexity index is 290. The lowest BCUT2D eigenvalue weighted by Crippen LogP contribution is -2.47. The van der Waals surface area contributed by atoms with E-state index in [-0.39, 0.29) is 23.6 Å². The van der Waals surface area contributed by atoms with Crippen LogP contribution in [0.5, 0.6) is 0 Å². The van der Waals surface area contributed by atoms with E-state index in [0.29, 0.717) is 0 Å². The van der Waals surface area contributed by atoms with Crippen molar-refractivity contribution < 1.29 is 8.42 Å². The Kier molecular flexibility index (Phi) is 4.55. The normalized spacial score (nSPS) is 29.9. The number of nitrogens with two attached hydrogens (primary N) is 1. The predicted molar refractivity (Wildman–Crippen MR) is 62.6 cm³/mol. The van der Waals surface area contributed by atoms with Crippen molar-refractivity contribution in [3.63, 3.8) is 0 Å². The van der Waals surface area contributed by atoms with Gasteiger partial charge in [-0.2, -0.15) is 0 Å². The van der Waals surface area contributed by atoms with E-state index in [0.717, 1.165) is 25.9 Å². The molecule has 90 valence electrons. The first-order valence-corrected chi connectivity index (χ1v) is 7.52. The summed E-state index contributed by atoms with van der Waals surface area (Å²) in [5, 5.41) is 0. The molecule has 0 radical (unpaired) electrons. The van der Waals surface area contributed by atoms with E-state index >= 15 is 0 Å². The highest BCUT2D eigenvalue weighted by Crippen LogP contribution is 2.17. The topological polar surface area (TPSA) is 63.4 Å². The summed E-state index contributed by atoms with van der Waals surface area (Å²) >= 11 is 0. The van der Waals surface area contributed by atoms with E-state index in [9.17, 15) is 8.42 Å². The largest absolute Gasteiger partial charge is 0.325 e. The maximum absolute atomic E-state index is 11.4. The van der Waals surface area contributed by atoms with Gasteiger partial charge in [0.05, 0.1) is 11.5 Å². The van der Waals surface area contributed by atoms with Gasteiger partial charge in [0.15, 0.2) is 9.84 Å². The Balaban J connectivity index is 2.61. The van der Waals surface area contributed by atoms with Gasteiger partial charge in [-0.15, -0.1) is 0 Å². The SMILES string of the molecule is CCCCN(CC)C1CS(=O)(=O)CC1N. The first kappa shape index (κ1) is 12.9. The van der Waals surface area contributed by atoms with Crippen molar-refractivity contribution in [2.24, 2.45) is 5.73 Å². The molecule has 0 aromatic carbocycles. The van der Waals surface area contributed by atoms with Crippen LogP contribution in [0.3, 0.4) is 0 Å². The fourth-order valence-corrected chi connectivity index (χ4v) is 4.07. The van der Waals surface area contributed by atoms with Gasteiger partial charge in [0, 0.05) is 12.1 Å². The average Bonchev–Trinajstić information content (AvgIpc) is 2.42. The summed E-state index contributed by atoms with van der Waals surface area (Å²) in [6.07, 6.45) is 2.24. The standard InChI is InChI=1S/C10H22N2O2S/c1-3-5-6-12(4-2)10-8-15(13,14)7-9(10)11/h9-10H,3-8,11H2,1-2H3. The van der Waals surface area contributed by atoms with Gasteiger partial charge in [-0.1, -0.05) is 20.3 Å². The van der Waals surface area contributed by atoms with Crippen LogP contribution in [0, 0.1) is 0 Å². The number of unbranched alkanes of at least 4 members (excludes halogenated alkanes) is 1. The molecule has 1 saturated heterocycles. The molecule has 0 bridgehead atoms. The van der Waals surface area contributed by atoms with Crippen molar-refractivity contribution in [1.29, 1.82) is 0 Å². The van der Waals surface area contributed by atoms with Crippen LogP contribution in [-0.4, -0.2) is 50.0 Å². The summed E-state index contributed by atoms with van der Waals surface area (Å²) < 4.78 is 22.9. The third-order valence-electron chi connectivity index (χ3n) is 3.04. The van der Waals surface area contributed by atoms with E-state index in [1.54, 1.807) is 0 Å². The van der Waals surface area contributed by atoms with Crippen LogP contribution in [0.1, 0.15) is 26.7 Å². The average molecular weight is 234 g/mol.